The largest absolute Gasteiger partial charge is 0.497 e. The molecule has 0 aliphatic carbocycles. The van der Waals surface area contributed by atoms with Crippen LogP contribution in [0.5, 0.6) is 11.5 Å². The first kappa shape index (κ1) is 20.2. The Bertz CT molecular complexity index is 1140. The fourth-order valence-corrected chi connectivity index (χ4v) is 4.58. The summed E-state index contributed by atoms with van der Waals surface area (Å²) in [6.45, 7) is 0. The fourth-order valence-electron chi connectivity index (χ4n) is 2.87. The molecule has 1 aliphatic rings. The lowest BCUT2D eigenvalue weighted by Crippen LogP contribution is -2.23. The SMILES string of the molecule is COc1ccc(/C=C2\S/C(=N/c3nc(-c4ccccc4)cs3)N(C)C2=O)c(OC)c1. The van der Waals surface area contributed by atoms with Gasteiger partial charge in [0.1, 0.15) is 11.5 Å². The number of amides is 1. The van der Waals surface area contributed by atoms with Crippen LogP contribution >= 0.6 is 23.1 Å². The van der Waals surface area contributed by atoms with Crippen molar-refractivity contribution in [1.29, 1.82) is 0 Å². The van der Waals surface area contributed by atoms with Gasteiger partial charge in [0.25, 0.3) is 5.91 Å². The number of amidine groups is 1. The van der Waals surface area contributed by atoms with E-state index in [1.54, 1.807) is 27.3 Å². The third-order valence-corrected chi connectivity index (χ3v) is 6.28. The third-order valence-electron chi connectivity index (χ3n) is 4.48. The summed E-state index contributed by atoms with van der Waals surface area (Å²) in [5.41, 5.74) is 2.70. The van der Waals surface area contributed by atoms with E-state index in [2.05, 4.69) is 9.98 Å². The topological polar surface area (TPSA) is 64.0 Å². The Morgan fingerprint density at radius 1 is 1.10 bits per heavy atom. The number of benzene rings is 2. The average molecular weight is 438 g/mol. The van der Waals surface area contributed by atoms with Gasteiger partial charge in [0.2, 0.25) is 5.13 Å². The maximum absolute atomic E-state index is 12.7. The maximum atomic E-state index is 12.7. The summed E-state index contributed by atoms with van der Waals surface area (Å²) in [4.78, 5) is 24.0. The van der Waals surface area contributed by atoms with Crippen LogP contribution in [-0.4, -0.2) is 42.2 Å². The quantitative estimate of drug-likeness (QED) is 0.522. The Kier molecular flexibility index (Phi) is 5.87. The number of hydrogen-bond donors (Lipinski definition) is 0. The predicted molar refractivity (Wildman–Crippen MR) is 123 cm³/mol. The van der Waals surface area contributed by atoms with Crippen molar-refractivity contribution in [3.63, 3.8) is 0 Å². The van der Waals surface area contributed by atoms with Gasteiger partial charge >= 0.3 is 0 Å². The van der Waals surface area contributed by atoms with Gasteiger partial charge in [-0.15, -0.1) is 11.3 Å². The zero-order valence-electron chi connectivity index (χ0n) is 16.7. The molecule has 1 aromatic heterocycles. The number of aliphatic imine (C=N–C) groups is 1. The van der Waals surface area contributed by atoms with Crippen LogP contribution in [0.2, 0.25) is 0 Å². The number of likely N-dealkylation sites (N-methyl/N-ethyl adjacent to an activating group) is 1. The molecule has 8 heteroatoms. The van der Waals surface area contributed by atoms with E-state index < -0.39 is 0 Å². The highest BCUT2D eigenvalue weighted by Crippen LogP contribution is 2.36. The second-order valence-electron chi connectivity index (χ2n) is 6.36. The number of carbonyl (C=O) groups is 1. The molecule has 6 nitrogen and oxygen atoms in total. The first-order valence-electron chi connectivity index (χ1n) is 9.08. The number of methoxy groups -OCH3 is 2. The normalized spacial score (nSPS) is 16.5. The first-order chi connectivity index (χ1) is 14.6. The second-order valence-corrected chi connectivity index (χ2v) is 8.20. The molecule has 1 fully saturated rings. The number of hydrogen-bond acceptors (Lipinski definition) is 7. The molecule has 0 saturated carbocycles. The molecule has 0 unspecified atom stereocenters. The number of carbonyl (C=O) groups excluding carboxylic acids is 1. The lowest BCUT2D eigenvalue weighted by atomic mass is 10.1. The molecular weight excluding hydrogens is 418 g/mol. The number of nitrogens with zero attached hydrogens (tertiary/aromatic N) is 3. The monoisotopic (exact) mass is 437 g/mol. The van der Waals surface area contributed by atoms with E-state index in [4.69, 9.17) is 9.47 Å². The fraction of sp³-hybridized carbons (Fsp3) is 0.136. The summed E-state index contributed by atoms with van der Waals surface area (Å²) in [5.74, 6) is 1.21. The zero-order valence-corrected chi connectivity index (χ0v) is 18.3. The van der Waals surface area contributed by atoms with E-state index in [1.807, 2.05) is 53.9 Å². The van der Waals surface area contributed by atoms with Crippen molar-refractivity contribution >= 4 is 45.4 Å². The van der Waals surface area contributed by atoms with Crippen molar-refractivity contribution in [3.05, 3.63) is 64.4 Å². The van der Waals surface area contributed by atoms with Crippen LogP contribution in [0.4, 0.5) is 5.13 Å². The van der Waals surface area contributed by atoms with E-state index >= 15 is 0 Å². The van der Waals surface area contributed by atoms with Gasteiger partial charge in [-0.2, -0.15) is 4.99 Å². The summed E-state index contributed by atoms with van der Waals surface area (Å²) in [7, 11) is 4.90. The van der Waals surface area contributed by atoms with E-state index in [-0.39, 0.29) is 5.91 Å². The molecule has 0 N–H and O–H groups in total. The molecule has 30 heavy (non-hydrogen) atoms. The summed E-state index contributed by atoms with van der Waals surface area (Å²) >= 11 is 2.76. The first-order valence-corrected chi connectivity index (χ1v) is 10.8. The van der Waals surface area contributed by atoms with Crippen LogP contribution in [0.25, 0.3) is 17.3 Å². The number of ether oxygens (including phenoxy) is 2. The molecule has 1 aliphatic heterocycles. The summed E-state index contributed by atoms with van der Waals surface area (Å²) < 4.78 is 10.7. The minimum absolute atomic E-state index is 0.114. The third kappa shape index (κ3) is 4.10. The van der Waals surface area contributed by atoms with Crippen molar-refractivity contribution in [3.8, 4) is 22.8 Å². The average Bonchev–Trinajstić information content (AvgIpc) is 3.35. The summed E-state index contributed by atoms with van der Waals surface area (Å²) in [6, 6.07) is 15.4. The lowest BCUT2D eigenvalue weighted by Gasteiger charge is -2.08. The molecule has 152 valence electrons. The highest BCUT2D eigenvalue weighted by atomic mass is 32.2. The van der Waals surface area contributed by atoms with Gasteiger partial charge in [-0.3, -0.25) is 9.69 Å². The molecule has 3 aromatic rings. The molecule has 4 rings (SSSR count). The van der Waals surface area contributed by atoms with E-state index in [0.717, 1.165) is 16.8 Å². The Hall–Kier alpha value is -3.10. The van der Waals surface area contributed by atoms with Crippen LogP contribution in [0, 0.1) is 0 Å². The molecule has 1 saturated heterocycles. The van der Waals surface area contributed by atoms with Crippen molar-refractivity contribution < 1.29 is 14.3 Å². The van der Waals surface area contributed by atoms with E-state index in [1.165, 1.54) is 28.0 Å². The summed E-state index contributed by atoms with van der Waals surface area (Å²) in [5, 5.41) is 3.17. The highest BCUT2D eigenvalue weighted by molar-refractivity contribution is 8.18. The van der Waals surface area contributed by atoms with E-state index in [0.29, 0.717) is 26.7 Å². The van der Waals surface area contributed by atoms with Crippen molar-refractivity contribution in [2.24, 2.45) is 4.99 Å². The Morgan fingerprint density at radius 2 is 1.90 bits per heavy atom. The van der Waals surface area contributed by atoms with Gasteiger partial charge in [-0.05, 0) is 30.0 Å². The van der Waals surface area contributed by atoms with Gasteiger partial charge in [0.15, 0.2) is 5.17 Å². The molecular formula is C22H19N3O3S2. The molecule has 0 spiro atoms. The minimum atomic E-state index is -0.114. The number of aromatic nitrogens is 1. The van der Waals surface area contributed by atoms with Gasteiger partial charge in [0, 0.05) is 29.6 Å². The van der Waals surface area contributed by atoms with Crippen LogP contribution in [0.3, 0.4) is 0 Å². The molecule has 0 bridgehead atoms. The van der Waals surface area contributed by atoms with E-state index in [9.17, 15) is 4.79 Å². The molecule has 2 heterocycles. The Labute approximate surface area is 182 Å². The predicted octanol–water partition coefficient (Wildman–Crippen LogP) is 5.06. The van der Waals surface area contributed by atoms with Crippen molar-refractivity contribution in [1.82, 2.24) is 9.88 Å². The van der Waals surface area contributed by atoms with Crippen LogP contribution in [0.15, 0.2) is 63.8 Å². The number of thioether (sulfide) groups is 1. The molecule has 0 atom stereocenters. The van der Waals surface area contributed by atoms with Crippen molar-refractivity contribution in [2.45, 2.75) is 0 Å². The highest BCUT2D eigenvalue weighted by Gasteiger charge is 2.31. The molecule has 0 radical (unpaired) electrons. The Morgan fingerprint density at radius 3 is 2.63 bits per heavy atom. The number of rotatable bonds is 5. The van der Waals surface area contributed by atoms with Gasteiger partial charge in [0.05, 0.1) is 24.8 Å². The van der Waals surface area contributed by atoms with Crippen molar-refractivity contribution in [2.75, 3.05) is 21.3 Å². The smallest absolute Gasteiger partial charge is 0.266 e. The molecule has 1 amide bonds. The minimum Gasteiger partial charge on any atom is -0.497 e. The lowest BCUT2D eigenvalue weighted by molar-refractivity contribution is -0.121. The Balaban J connectivity index is 1.60. The standard InChI is InChI=1S/C22H19N3O3S2/c1-25-20(26)19(11-15-9-10-16(27-2)12-18(15)28-3)30-22(25)24-21-23-17(13-29-21)14-7-5-4-6-8-14/h4-13H,1-3H3/b19-11-,24-22+. The van der Waals surface area contributed by atoms with Gasteiger partial charge in [-0.1, -0.05) is 30.3 Å². The number of thiazole rings is 1. The zero-order chi connectivity index (χ0) is 21.1. The second kappa shape index (κ2) is 8.73. The van der Waals surface area contributed by atoms with Crippen LogP contribution < -0.4 is 9.47 Å². The van der Waals surface area contributed by atoms with Crippen LogP contribution in [0.1, 0.15) is 5.56 Å². The van der Waals surface area contributed by atoms with Gasteiger partial charge in [-0.25, -0.2) is 4.98 Å². The van der Waals surface area contributed by atoms with Gasteiger partial charge < -0.3 is 9.47 Å². The van der Waals surface area contributed by atoms with Crippen LogP contribution in [-0.2, 0) is 4.79 Å². The molecule has 2 aromatic carbocycles. The summed E-state index contributed by atoms with van der Waals surface area (Å²) in [6.07, 6.45) is 1.81. The maximum Gasteiger partial charge on any atom is 0.266 e.